The summed E-state index contributed by atoms with van der Waals surface area (Å²) < 4.78 is 0. The quantitative estimate of drug-likeness (QED) is 0.423. The molecule has 23 heavy (non-hydrogen) atoms. The molecule has 0 fully saturated rings. The maximum atomic E-state index is 2.31. The molecular formula is C22H29N. The molecule has 0 aliphatic heterocycles. The minimum absolute atomic E-state index is 1.16. The molecule has 122 valence electrons. The Balaban J connectivity index is 1.90. The minimum Gasteiger partial charge on any atom is -0.318 e. The summed E-state index contributed by atoms with van der Waals surface area (Å²) in [5.74, 6) is 0. The van der Waals surface area contributed by atoms with Gasteiger partial charge in [0.05, 0.1) is 0 Å². The van der Waals surface area contributed by atoms with E-state index in [0.717, 1.165) is 6.42 Å². The van der Waals surface area contributed by atoms with Gasteiger partial charge in [0.1, 0.15) is 0 Å². The summed E-state index contributed by atoms with van der Waals surface area (Å²) in [5.41, 5.74) is 2.41. The van der Waals surface area contributed by atoms with Gasteiger partial charge in [0.2, 0.25) is 0 Å². The van der Waals surface area contributed by atoms with Crippen molar-refractivity contribution in [3.63, 3.8) is 0 Å². The number of para-hydroxylation sites is 2. The molecule has 0 bridgehead atoms. The van der Waals surface area contributed by atoms with Crippen molar-refractivity contribution in [1.82, 2.24) is 0 Å². The maximum Gasteiger partial charge on any atom is 0.0455 e. The van der Waals surface area contributed by atoms with E-state index in [0.29, 0.717) is 0 Å². The van der Waals surface area contributed by atoms with Gasteiger partial charge in [-0.05, 0) is 37.1 Å². The van der Waals surface area contributed by atoms with E-state index in [2.05, 4.69) is 84.8 Å². The van der Waals surface area contributed by atoms with Gasteiger partial charge in [-0.25, -0.2) is 0 Å². The summed E-state index contributed by atoms with van der Waals surface area (Å²) in [6.07, 6.45) is 13.8. The molecule has 0 radical (unpaired) electrons. The summed E-state index contributed by atoms with van der Waals surface area (Å²) in [6, 6.07) is 21.1. The number of unbranched alkanes of at least 4 members (excludes halogenated alkanes) is 6. The zero-order valence-electron chi connectivity index (χ0n) is 14.3. The molecule has 1 heteroatoms. The highest BCUT2D eigenvalue weighted by Gasteiger charge is 2.04. The molecule has 0 atom stereocenters. The first kappa shape index (κ1) is 17.3. The van der Waals surface area contributed by atoms with Crippen LogP contribution in [0.4, 0.5) is 11.4 Å². The second-order valence-electron chi connectivity index (χ2n) is 5.98. The minimum atomic E-state index is 1.16. The van der Waals surface area contributed by atoms with Crippen LogP contribution >= 0.6 is 0 Å². The van der Waals surface area contributed by atoms with E-state index >= 15 is 0 Å². The molecular weight excluding hydrogens is 278 g/mol. The maximum absolute atomic E-state index is 2.31. The van der Waals surface area contributed by atoms with Crippen LogP contribution in [0.25, 0.3) is 0 Å². The number of hydrogen-bond acceptors (Lipinski definition) is 1. The molecule has 0 unspecified atom stereocenters. The van der Waals surface area contributed by atoms with Gasteiger partial charge < -0.3 is 4.90 Å². The molecule has 1 nitrogen and oxygen atoms in total. The smallest absolute Gasteiger partial charge is 0.0455 e. The Bertz CT molecular complexity index is 505. The fourth-order valence-electron chi connectivity index (χ4n) is 2.72. The van der Waals surface area contributed by atoms with Crippen LogP contribution in [0.1, 0.15) is 51.9 Å². The molecule has 0 heterocycles. The first-order valence-corrected chi connectivity index (χ1v) is 8.98. The zero-order chi connectivity index (χ0) is 16.2. The molecule has 0 spiro atoms. The van der Waals surface area contributed by atoms with Crippen LogP contribution in [-0.4, -0.2) is 0 Å². The zero-order valence-corrected chi connectivity index (χ0v) is 14.3. The van der Waals surface area contributed by atoms with E-state index in [1.54, 1.807) is 0 Å². The molecule has 0 N–H and O–H groups in total. The predicted octanol–water partition coefficient (Wildman–Crippen LogP) is 7.09. The second kappa shape index (κ2) is 10.7. The van der Waals surface area contributed by atoms with Gasteiger partial charge in [-0.2, -0.15) is 0 Å². The normalized spacial score (nSPS) is 11.0. The number of anilines is 2. The lowest BCUT2D eigenvalue weighted by Gasteiger charge is -2.20. The third kappa shape index (κ3) is 6.32. The highest BCUT2D eigenvalue weighted by atomic mass is 15.1. The Labute approximate surface area is 141 Å². The van der Waals surface area contributed by atoms with Crippen LogP contribution in [0.5, 0.6) is 0 Å². The third-order valence-corrected chi connectivity index (χ3v) is 4.05. The fraction of sp³-hybridized carbons (Fsp3) is 0.364. The van der Waals surface area contributed by atoms with Crippen LogP contribution in [0.15, 0.2) is 72.9 Å². The van der Waals surface area contributed by atoms with Crippen molar-refractivity contribution in [1.29, 1.82) is 0 Å². The topological polar surface area (TPSA) is 3.24 Å². The van der Waals surface area contributed by atoms with Crippen molar-refractivity contribution < 1.29 is 0 Å². The molecule has 2 aromatic carbocycles. The number of allylic oxidation sites excluding steroid dienone is 1. The fourth-order valence-corrected chi connectivity index (χ4v) is 2.72. The lowest BCUT2D eigenvalue weighted by molar-refractivity contribution is 0.611. The largest absolute Gasteiger partial charge is 0.318 e. The Morgan fingerprint density at radius 2 is 1.22 bits per heavy atom. The average molecular weight is 307 g/mol. The third-order valence-electron chi connectivity index (χ3n) is 4.05. The van der Waals surface area contributed by atoms with Gasteiger partial charge in [-0.1, -0.05) is 81.5 Å². The van der Waals surface area contributed by atoms with E-state index in [1.807, 2.05) is 0 Å². The van der Waals surface area contributed by atoms with E-state index in [9.17, 15) is 0 Å². The first-order chi connectivity index (χ1) is 11.4. The van der Waals surface area contributed by atoms with Crippen LogP contribution in [0.3, 0.4) is 0 Å². The molecule has 0 aliphatic rings. The number of hydrogen-bond donors (Lipinski definition) is 0. The molecule has 0 saturated heterocycles. The number of rotatable bonds is 10. The lowest BCUT2D eigenvalue weighted by atomic mass is 10.1. The molecule has 0 aliphatic carbocycles. The monoisotopic (exact) mass is 307 g/mol. The Hall–Kier alpha value is -2.02. The second-order valence-corrected chi connectivity index (χ2v) is 5.98. The van der Waals surface area contributed by atoms with Crippen molar-refractivity contribution in [3.8, 4) is 0 Å². The van der Waals surface area contributed by atoms with Crippen molar-refractivity contribution in [3.05, 3.63) is 72.9 Å². The van der Waals surface area contributed by atoms with Crippen LogP contribution in [0.2, 0.25) is 0 Å². The van der Waals surface area contributed by atoms with Crippen molar-refractivity contribution in [2.75, 3.05) is 4.90 Å². The predicted molar refractivity (Wildman–Crippen MR) is 102 cm³/mol. The summed E-state index contributed by atoms with van der Waals surface area (Å²) in [7, 11) is 0. The molecule has 0 amide bonds. The lowest BCUT2D eigenvalue weighted by Crippen LogP contribution is -2.07. The highest BCUT2D eigenvalue weighted by Crippen LogP contribution is 2.25. The first-order valence-electron chi connectivity index (χ1n) is 8.98. The van der Waals surface area contributed by atoms with E-state index in [1.165, 1.54) is 49.9 Å². The van der Waals surface area contributed by atoms with Crippen LogP contribution in [0, 0.1) is 0 Å². The van der Waals surface area contributed by atoms with Gasteiger partial charge in [0, 0.05) is 17.6 Å². The summed E-state index contributed by atoms with van der Waals surface area (Å²) in [5, 5.41) is 0. The summed E-state index contributed by atoms with van der Waals surface area (Å²) in [4.78, 5) is 2.26. The molecule has 0 aromatic heterocycles. The van der Waals surface area contributed by atoms with Gasteiger partial charge >= 0.3 is 0 Å². The molecule has 0 saturated carbocycles. The van der Waals surface area contributed by atoms with E-state index < -0.39 is 0 Å². The van der Waals surface area contributed by atoms with Gasteiger partial charge in [-0.3, -0.25) is 0 Å². The van der Waals surface area contributed by atoms with E-state index in [4.69, 9.17) is 0 Å². The van der Waals surface area contributed by atoms with Gasteiger partial charge in [0.25, 0.3) is 0 Å². The number of nitrogens with zero attached hydrogens (tertiary/aromatic N) is 1. The Morgan fingerprint density at radius 3 is 1.78 bits per heavy atom. The van der Waals surface area contributed by atoms with Gasteiger partial charge in [-0.15, -0.1) is 0 Å². The van der Waals surface area contributed by atoms with Crippen molar-refractivity contribution >= 4 is 11.4 Å². The highest BCUT2D eigenvalue weighted by molar-refractivity contribution is 5.65. The standard InChI is InChI=1S/C22H29N/c1-2-3-4-5-6-7-8-15-20-23(21-16-11-9-12-17-21)22-18-13-10-14-19-22/h9-20H,2-8H2,1H3/b20-15+. The Morgan fingerprint density at radius 1 is 0.696 bits per heavy atom. The average Bonchev–Trinajstić information content (AvgIpc) is 2.62. The van der Waals surface area contributed by atoms with Crippen LogP contribution < -0.4 is 4.90 Å². The van der Waals surface area contributed by atoms with Crippen molar-refractivity contribution in [2.45, 2.75) is 51.9 Å². The van der Waals surface area contributed by atoms with Crippen LogP contribution in [-0.2, 0) is 0 Å². The summed E-state index contributed by atoms with van der Waals surface area (Å²) in [6.45, 7) is 2.27. The Kier molecular flexibility index (Phi) is 8.04. The molecule has 2 aromatic rings. The summed E-state index contributed by atoms with van der Waals surface area (Å²) >= 11 is 0. The number of benzene rings is 2. The van der Waals surface area contributed by atoms with Gasteiger partial charge in [0.15, 0.2) is 0 Å². The van der Waals surface area contributed by atoms with E-state index in [-0.39, 0.29) is 0 Å². The SMILES string of the molecule is CCCCCCCC/C=C/N(c1ccccc1)c1ccccc1. The van der Waals surface area contributed by atoms with Crippen molar-refractivity contribution in [2.24, 2.45) is 0 Å². The molecule has 2 rings (SSSR count).